The molecule has 0 radical (unpaired) electrons. The van der Waals surface area contributed by atoms with Crippen LogP contribution in [-0.4, -0.2) is 36.8 Å². The number of esters is 1. The van der Waals surface area contributed by atoms with Gasteiger partial charge in [-0.05, 0) is 35.9 Å². The molecule has 31 heavy (non-hydrogen) atoms. The van der Waals surface area contributed by atoms with E-state index in [9.17, 15) is 17.6 Å². The summed E-state index contributed by atoms with van der Waals surface area (Å²) < 4.78 is 46.9. The van der Waals surface area contributed by atoms with Crippen LogP contribution >= 0.6 is 0 Å². The van der Waals surface area contributed by atoms with Crippen molar-refractivity contribution in [1.82, 2.24) is 9.29 Å². The molecule has 1 aromatic heterocycles. The number of rotatable bonds is 8. The minimum atomic E-state index is -3.86. The van der Waals surface area contributed by atoms with Crippen LogP contribution < -0.4 is 0 Å². The van der Waals surface area contributed by atoms with Gasteiger partial charge in [0.2, 0.25) is 10.0 Å². The number of pyridine rings is 1. The first-order valence-corrected chi connectivity index (χ1v) is 11.3. The van der Waals surface area contributed by atoms with Crippen LogP contribution in [0.5, 0.6) is 0 Å². The van der Waals surface area contributed by atoms with Crippen LogP contribution in [0.4, 0.5) is 4.39 Å². The van der Waals surface area contributed by atoms with Crippen molar-refractivity contribution in [2.75, 3.05) is 13.1 Å². The Balaban J connectivity index is 1.98. The zero-order valence-corrected chi connectivity index (χ0v) is 18.0. The molecular weight excluding hydrogens is 419 g/mol. The van der Waals surface area contributed by atoms with E-state index >= 15 is 0 Å². The summed E-state index contributed by atoms with van der Waals surface area (Å²) in [6.45, 7) is 3.92. The lowest BCUT2D eigenvalue weighted by Crippen LogP contribution is -2.30. The molecule has 1 unspecified atom stereocenters. The second-order valence-corrected chi connectivity index (χ2v) is 8.62. The predicted molar refractivity (Wildman–Crippen MR) is 114 cm³/mol. The van der Waals surface area contributed by atoms with Gasteiger partial charge in [-0.1, -0.05) is 50.2 Å². The second-order valence-electron chi connectivity index (χ2n) is 6.68. The smallest absolute Gasteiger partial charge is 0.342 e. The third-order valence-electron chi connectivity index (χ3n) is 4.78. The summed E-state index contributed by atoms with van der Waals surface area (Å²) in [5.74, 6) is -1.84. The van der Waals surface area contributed by atoms with E-state index in [1.807, 2.05) is 6.07 Å². The van der Waals surface area contributed by atoms with Gasteiger partial charge in [0.25, 0.3) is 0 Å². The number of benzene rings is 2. The van der Waals surface area contributed by atoms with Gasteiger partial charge in [0.1, 0.15) is 5.82 Å². The number of carbonyl (C=O) groups is 1. The van der Waals surface area contributed by atoms with Crippen molar-refractivity contribution < 1.29 is 22.3 Å². The number of hydrogen-bond donors (Lipinski definition) is 0. The molecule has 0 aliphatic rings. The van der Waals surface area contributed by atoms with Crippen LogP contribution in [-0.2, 0) is 14.8 Å². The average molecular weight is 443 g/mol. The summed E-state index contributed by atoms with van der Waals surface area (Å²) in [6, 6.07) is 17.2. The van der Waals surface area contributed by atoms with E-state index in [0.29, 0.717) is 11.3 Å². The van der Waals surface area contributed by atoms with Gasteiger partial charge in [-0.3, -0.25) is 4.98 Å². The zero-order valence-electron chi connectivity index (χ0n) is 17.2. The lowest BCUT2D eigenvalue weighted by molar-refractivity contribution is 0.0365. The fraction of sp³-hybridized carbons (Fsp3) is 0.217. The molecule has 0 saturated heterocycles. The van der Waals surface area contributed by atoms with Crippen molar-refractivity contribution in [3.05, 3.63) is 95.6 Å². The van der Waals surface area contributed by atoms with Gasteiger partial charge in [-0.25, -0.2) is 17.6 Å². The van der Waals surface area contributed by atoms with Crippen molar-refractivity contribution in [2.45, 2.75) is 24.8 Å². The number of ether oxygens (including phenoxy) is 1. The molecule has 0 saturated carbocycles. The molecule has 1 heterocycles. The molecule has 0 aliphatic heterocycles. The first-order chi connectivity index (χ1) is 14.9. The van der Waals surface area contributed by atoms with Gasteiger partial charge in [-0.2, -0.15) is 4.31 Å². The molecule has 0 N–H and O–H groups in total. The maximum Gasteiger partial charge on any atom is 0.342 e. The van der Waals surface area contributed by atoms with E-state index in [-0.39, 0.29) is 18.0 Å². The number of aromatic nitrogens is 1. The van der Waals surface area contributed by atoms with Crippen molar-refractivity contribution in [3.63, 3.8) is 0 Å². The number of sulfonamides is 1. The van der Waals surface area contributed by atoms with Gasteiger partial charge in [0.05, 0.1) is 16.2 Å². The minimum Gasteiger partial charge on any atom is -0.447 e. The summed E-state index contributed by atoms with van der Waals surface area (Å²) in [7, 11) is -3.86. The van der Waals surface area contributed by atoms with Gasteiger partial charge in [0, 0.05) is 19.3 Å². The van der Waals surface area contributed by atoms with Crippen molar-refractivity contribution >= 4 is 16.0 Å². The Labute approximate surface area is 181 Å². The molecule has 3 rings (SSSR count). The van der Waals surface area contributed by atoms with Crippen LogP contribution in [0.3, 0.4) is 0 Å². The SMILES string of the molecule is CCN(CC)S(=O)(=O)c1ccc(F)c(C(=O)OC(c2ccccc2)c2ccccn2)c1. The Bertz CT molecular complexity index is 1100. The molecule has 8 heteroatoms. The number of carbonyl (C=O) groups excluding carboxylic acids is 1. The zero-order chi connectivity index (χ0) is 22.4. The standard InChI is InChI=1S/C23H23FN2O4S/c1-3-26(4-2)31(28,29)18-13-14-20(24)19(16-18)23(27)30-22(17-10-6-5-7-11-17)21-12-8-9-15-25-21/h5-16,22H,3-4H2,1-2H3. The third-order valence-corrected chi connectivity index (χ3v) is 6.83. The predicted octanol–water partition coefficient (Wildman–Crippen LogP) is 4.20. The average Bonchev–Trinajstić information content (AvgIpc) is 2.79. The third kappa shape index (κ3) is 4.98. The van der Waals surface area contributed by atoms with Crippen LogP contribution in [0.15, 0.2) is 77.8 Å². The summed E-state index contributed by atoms with van der Waals surface area (Å²) in [5, 5.41) is 0. The van der Waals surface area contributed by atoms with E-state index < -0.39 is 33.5 Å². The molecule has 0 aliphatic carbocycles. The quantitative estimate of drug-likeness (QED) is 0.489. The van der Waals surface area contributed by atoms with Crippen LogP contribution in [0.25, 0.3) is 0 Å². The van der Waals surface area contributed by atoms with Gasteiger partial charge in [0.15, 0.2) is 6.10 Å². The fourth-order valence-electron chi connectivity index (χ4n) is 3.16. The number of hydrogen-bond acceptors (Lipinski definition) is 5. The molecular formula is C23H23FN2O4S. The highest BCUT2D eigenvalue weighted by Crippen LogP contribution is 2.27. The highest BCUT2D eigenvalue weighted by molar-refractivity contribution is 7.89. The topological polar surface area (TPSA) is 76.6 Å². The van der Waals surface area contributed by atoms with Crippen molar-refractivity contribution in [2.24, 2.45) is 0 Å². The largest absolute Gasteiger partial charge is 0.447 e. The molecule has 6 nitrogen and oxygen atoms in total. The molecule has 0 amide bonds. The van der Waals surface area contributed by atoms with E-state index in [4.69, 9.17) is 4.74 Å². The van der Waals surface area contributed by atoms with Crippen LogP contribution in [0.1, 0.15) is 41.6 Å². The van der Waals surface area contributed by atoms with Crippen LogP contribution in [0, 0.1) is 5.82 Å². The monoisotopic (exact) mass is 442 g/mol. The molecule has 0 bridgehead atoms. The molecule has 3 aromatic rings. The first-order valence-electron chi connectivity index (χ1n) is 9.85. The molecule has 0 spiro atoms. The number of halogens is 1. The Kier molecular flexibility index (Phi) is 7.14. The van der Waals surface area contributed by atoms with E-state index in [1.165, 1.54) is 4.31 Å². The van der Waals surface area contributed by atoms with E-state index in [0.717, 1.165) is 18.2 Å². The van der Waals surface area contributed by atoms with E-state index in [2.05, 4.69) is 4.98 Å². The second kappa shape index (κ2) is 9.80. The van der Waals surface area contributed by atoms with Gasteiger partial charge < -0.3 is 4.74 Å². The van der Waals surface area contributed by atoms with Crippen molar-refractivity contribution in [1.29, 1.82) is 0 Å². The lowest BCUT2D eigenvalue weighted by atomic mass is 10.1. The molecule has 2 aromatic carbocycles. The Morgan fingerprint density at radius 1 is 1.03 bits per heavy atom. The normalized spacial score (nSPS) is 12.5. The van der Waals surface area contributed by atoms with Crippen LogP contribution in [0.2, 0.25) is 0 Å². The highest BCUT2D eigenvalue weighted by atomic mass is 32.2. The Morgan fingerprint density at radius 3 is 2.32 bits per heavy atom. The fourth-order valence-corrected chi connectivity index (χ4v) is 4.65. The highest BCUT2D eigenvalue weighted by Gasteiger charge is 2.27. The summed E-state index contributed by atoms with van der Waals surface area (Å²) in [6.07, 6.45) is 0.689. The lowest BCUT2D eigenvalue weighted by Gasteiger charge is -2.20. The molecule has 0 fully saturated rings. The Morgan fingerprint density at radius 2 is 1.71 bits per heavy atom. The number of nitrogens with zero attached hydrogens (tertiary/aromatic N) is 2. The summed E-state index contributed by atoms with van der Waals surface area (Å²) >= 11 is 0. The molecule has 1 atom stereocenters. The van der Waals surface area contributed by atoms with Gasteiger partial charge >= 0.3 is 5.97 Å². The van der Waals surface area contributed by atoms with E-state index in [1.54, 1.807) is 62.5 Å². The summed E-state index contributed by atoms with van der Waals surface area (Å²) in [5.41, 5.74) is 0.668. The minimum absolute atomic E-state index is 0.168. The van der Waals surface area contributed by atoms with Gasteiger partial charge in [-0.15, -0.1) is 0 Å². The van der Waals surface area contributed by atoms with Crippen molar-refractivity contribution in [3.8, 4) is 0 Å². The maximum absolute atomic E-state index is 14.5. The molecule has 162 valence electrons. The summed E-state index contributed by atoms with van der Waals surface area (Å²) in [4.78, 5) is 17.0. The Hall–Kier alpha value is -3.10. The first kappa shape index (κ1) is 22.6. The maximum atomic E-state index is 14.5.